The van der Waals surface area contributed by atoms with E-state index in [1.54, 1.807) is 0 Å². The van der Waals surface area contributed by atoms with Gasteiger partial charge in [0, 0.05) is 18.8 Å². The van der Waals surface area contributed by atoms with Crippen LogP contribution in [0.1, 0.15) is 13.3 Å². The number of oxazole rings is 1. The van der Waals surface area contributed by atoms with Gasteiger partial charge in [-0.1, -0.05) is 6.92 Å². The molecule has 2 heterocycles. The number of nitrogens with zero attached hydrogens (tertiary/aromatic N) is 2. The van der Waals surface area contributed by atoms with Crippen LogP contribution in [0.15, 0.2) is 22.6 Å². The molecule has 1 aromatic heterocycles. The lowest BCUT2D eigenvalue weighted by Gasteiger charge is -2.11. The van der Waals surface area contributed by atoms with Crippen LogP contribution >= 0.6 is 0 Å². The zero-order valence-corrected chi connectivity index (χ0v) is 9.31. The Morgan fingerprint density at radius 2 is 2.38 bits per heavy atom. The number of fused-ring (bicyclic) bond motifs is 1. The Morgan fingerprint density at radius 3 is 3.12 bits per heavy atom. The van der Waals surface area contributed by atoms with Gasteiger partial charge in [0.25, 0.3) is 6.01 Å². The summed E-state index contributed by atoms with van der Waals surface area (Å²) in [5.74, 6) is 0.722. The molecule has 0 bridgehead atoms. The minimum absolute atomic E-state index is 0.722. The maximum atomic E-state index is 5.71. The molecule has 1 atom stereocenters. The molecule has 16 heavy (non-hydrogen) atoms. The topological polar surface area (TPSA) is 55.3 Å². The Hall–Kier alpha value is -1.71. The summed E-state index contributed by atoms with van der Waals surface area (Å²) in [7, 11) is 0. The number of hydrogen-bond acceptors (Lipinski definition) is 4. The Balaban J connectivity index is 1.99. The highest BCUT2D eigenvalue weighted by Crippen LogP contribution is 2.27. The van der Waals surface area contributed by atoms with Crippen molar-refractivity contribution < 1.29 is 4.42 Å². The first-order chi connectivity index (χ1) is 7.72. The Labute approximate surface area is 94.0 Å². The summed E-state index contributed by atoms with van der Waals surface area (Å²) in [5.41, 5.74) is 8.09. The third-order valence-electron chi connectivity index (χ3n) is 3.09. The van der Waals surface area contributed by atoms with Crippen LogP contribution in [0.25, 0.3) is 11.1 Å². The maximum absolute atomic E-state index is 5.71. The predicted octanol–water partition coefficient (Wildman–Crippen LogP) is 2.26. The molecule has 4 nitrogen and oxygen atoms in total. The predicted molar refractivity (Wildman–Crippen MR) is 64.4 cm³/mol. The molecule has 0 saturated carbocycles. The van der Waals surface area contributed by atoms with Crippen LogP contribution in [0.4, 0.5) is 11.7 Å². The molecule has 2 aromatic rings. The van der Waals surface area contributed by atoms with Gasteiger partial charge in [-0.15, -0.1) is 0 Å². The average molecular weight is 217 g/mol. The van der Waals surface area contributed by atoms with Gasteiger partial charge in [-0.3, -0.25) is 0 Å². The van der Waals surface area contributed by atoms with Crippen molar-refractivity contribution in [1.29, 1.82) is 0 Å². The van der Waals surface area contributed by atoms with Crippen molar-refractivity contribution in [2.24, 2.45) is 5.92 Å². The highest BCUT2D eigenvalue weighted by atomic mass is 16.4. The monoisotopic (exact) mass is 217 g/mol. The lowest BCUT2D eigenvalue weighted by Crippen LogP contribution is -2.19. The van der Waals surface area contributed by atoms with Gasteiger partial charge >= 0.3 is 0 Å². The SMILES string of the molecule is CC1CCN(c2nc3cc(N)ccc3o2)C1. The van der Waals surface area contributed by atoms with Gasteiger partial charge < -0.3 is 15.1 Å². The number of nitrogen functional groups attached to an aromatic ring is 1. The van der Waals surface area contributed by atoms with E-state index in [2.05, 4.69) is 16.8 Å². The molecule has 1 aliphatic rings. The van der Waals surface area contributed by atoms with Gasteiger partial charge in [-0.2, -0.15) is 4.98 Å². The van der Waals surface area contributed by atoms with Crippen molar-refractivity contribution >= 4 is 22.8 Å². The van der Waals surface area contributed by atoms with Crippen molar-refractivity contribution in [2.75, 3.05) is 23.7 Å². The molecule has 2 N–H and O–H groups in total. The smallest absolute Gasteiger partial charge is 0.298 e. The summed E-state index contributed by atoms with van der Waals surface area (Å²) in [6.07, 6.45) is 1.21. The van der Waals surface area contributed by atoms with Crippen LogP contribution in [0, 0.1) is 5.92 Å². The fraction of sp³-hybridized carbons (Fsp3) is 0.417. The van der Waals surface area contributed by atoms with Crippen LogP contribution in [0.5, 0.6) is 0 Å². The molecular weight excluding hydrogens is 202 g/mol. The lowest BCUT2D eigenvalue weighted by atomic mass is 10.2. The zero-order valence-electron chi connectivity index (χ0n) is 9.31. The first-order valence-corrected chi connectivity index (χ1v) is 5.63. The minimum Gasteiger partial charge on any atom is -0.423 e. The molecule has 1 aromatic carbocycles. The molecule has 3 rings (SSSR count). The molecule has 0 aliphatic carbocycles. The largest absolute Gasteiger partial charge is 0.423 e. The second-order valence-corrected chi connectivity index (χ2v) is 4.56. The van der Waals surface area contributed by atoms with Gasteiger partial charge in [-0.05, 0) is 30.5 Å². The lowest BCUT2D eigenvalue weighted by molar-refractivity contribution is 0.579. The van der Waals surface area contributed by atoms with Gasteiger partial charge in [0.15, 0.2) is 5.58 Å². The van der Waals surface area contributed by atoms with E-state index >= 15 is 0 Å². The van der Waals surface area contributed by atoms with Gasteiger partial charge in [-0.25, -0.2) is 0 Å². The summed E-state index contributed by atoms with van der Waals surface area (Å²) in [6.45, 7) is 4.31. The van der Waals surface area contributed by atoms with E-state index in [9.17, 15) is 0 Å². The first-order valence-electron chi connectivity index (χ1n) is 5.63. The van der Waals surface area contributed by atoms with Crippen molar-refractivity contribution in [3.05, 3.63) is 18.2 Å². The van der Waals surface area contributed by atoms with E-state index in [1.165, 1.54) is 6.42 Å². The molecule has 84 valence electrons. The van der Waals surface area contributed by atoms with E-state index < -0.39 is 0 Å². The number of hydrogen-bond donors (Lipinski definition) is 1. The van der Waals surface area contributed by atoms with Crippen LogP contribution in [-0.4, -0.2) is 18.1 Å². The van der Waals surface area contributed by atoms with Crippen LogP contribution in [-0.2, 0) is 0 Å². The van der Waals surface area contributed by atoms with E-state index in [0.29, 0.717) is 0 Å². The molecule has 1 aliphatic heterocycles. The molecule has 0 radical (unpaired) electrons. The third kappa shape index (κ3) is 1.50. The highest BCUT2D eigenvalue weighted by Gasteiger charge is 2.22. The summed E-state index contributed by atoms with van der Waals surface area (Å²) in [5, 5.41) is 0. The fourth-order valence-corrected chi connectivity index (χ4v) is 2.18. The second-order valence-electron chi connectivity index (χ2n) is 4.56. The van der Waals surface area contributed by atoms with E-state index in [0.717, 1.165) is 41.8 Å². The second kappa shape index (κ2) is 3.40. The summed E-state index contributed by atoms with van der Waals surface area (Å²) in [4.78, 5) is 6.66. The number of anilines is 2. The van der Waals surface area contributed by atoms with Gasteiger partial charge in [0.1, 0.15) is 5.52 Å². The summed E-state index contributed by atoms with van der Waals surface area (Å²) >= 11 is 0. The fourth-order valence-electron chi connectivity index (χ4n) is 2.18. The van der Waals surface area contributed by atoms with Crippen LogP contribution in [0.3, 0.4) is 0 Å². The molecule has 4 heteroatoms. The zero-order chi connectivity index (χ0) is 11.1. The molecule has 1 fully saturated rings. The molecule has 0 amide bonds. The van der Waals surface area contributed by atoms with Gasteiger partial charge in [0.2, 0.25) is 0 Å². The number of aromatic nitrogens is 1. The van der Waals surface area contributed by atoms with Crippen molar-refractivity contribution in [3.63, 3.8) is 0 Å². The van der Waals surface area contributed by atoms with E-state index in [1.807, 2.05) is 18.2 Å². The van der Waals surface area contributed by atoms with E-state index in [-0.39, 0.29) is 0 Å². The molecular formula is C12H15N3O. The van der Waals surface area contributed by atoms with Crippen molar-refractivity contribution in [2.45, 2.75) is 13.3 Å². The summed E-state index contributed by atoms with van der Waals surface area (Å²) in [6, 6.07) is 6.29. The van der Waals surface area contributed by atoms with Crippen LogP contribution < -0.4 is 10.6 Å². The molecule has 1 unspecified atom stereocenters. The molecule has 1 saturated heterocycles. The average Bonchev–Trinajstić information content (AvgIpc) is 2.83. The number of rotatable bonds is 1. The van der Waals surface area contributed by atoms with Crippen molar-refractivity contribution in [1.82, 2.24) is 4.98 Å². The van der Waals surface area contributed by atoms with Crippen molar-refractivity contribution in [3.8, 4) is 0 Å². The quantitative estimate of drug-likeness (QED) is 0.744. The normalized spacial score (nSPS) is 20.8. The maximum Gasteiger partial charge on any atom is 0.298 e. The van der Waals surface area contributed by atoms with Crippen LogP contribution in [0.2, 0.25) is 0 Å². The first kappa shape index (κ1) is 9.51. The van der Waals surface area contributed by atoms with Gasteiger partial charge in [0.05, 0.1) is 0 Å². The standard InChI is InChI=1S/C12H15N3O/c1-8-4-5-15(7-8)12-14-10-6-9(13)2-3-11(10)16-12/h2-3,6,8H,4-5,7,13H2,1H3. The Bertz CT molecular complexity index is 520. The summed E-state index contributed by atoms with van der Waals surface area (Å²) < 4.78 is 5.71. The molecule has 0 spiro atoms. The Morgan fingerprint density at radius 1 is 1.50 bits per heavy atom. The Kier molecular flexibility index (Phi) is 2.02. The highest BCUT2D eigenvalue weighted by molar-refractivity contribution is 5.78. The third-order valence-corrected chi connectivity index (χ3v) is 3.09. The minimum atomic E-state index is 0.722. The number of benzene rings is 1. The van der Waals surface area contributed by atoms with E-state index in [4.69, 9.17) is 10.2 Å². The number of nitrogens with two attached hydrogens (primary N) is 1.